The van der Waals surface area contributed by atoms with Gasteiger partial charge in [-0.1, -0.05) is 15.9 Å². The molecule has 0 radical (unpaired) electrons. The first-order valence-corrected chi connectivity index (χ1v) is 6.00. The summed E-state index contributed by atoms with van der Waals surface area (Å²) in [6, 6.07) is 5.80. The highest BCUT2D eigenvalue weighted by Gasteiger charge is 2.15. The molecule has 0 amide bonds. The van der Waals surface area contributed by atoms with Crippen molar-refractivity contribution in [2.75, 3.05) is 0 Å². The van der Waals surface area contributed by atoms with Crippen molar-refractivity contribution in [3.63, 3.8) is 0 Å². The second-order valence-electron chi connectivity index (χ2n) is 3.72. The highest BCUT2D eigenvalue weighted by atomic mass is 79.9. The Balaban J connectivity index is 2.48. The Hall–Kier alpha value is -2.00. The Morgan fingerprint density at radius 1 is 1.37 bits per heavy atom. The summed E-state index contributed by atoms with van der Waals surface area (Å²) < 4.78 is 32.3. The highest BCUT2D eigenvalue weighted by molar-refractivity contribution is 9.10. The molecular weight excluding hydrogens is 318 g/mol. The number of ether oxygens (including phenoxy) is 1. The largest absolute Gasteiger partial charge is 0.434 e. The maximum atomic E-state index is 13.6. The van der Waals surface area contributed by atoms with Gasteiger partial charge >= 0.3 is 0 Å². The van der Waals surface area contributed by atoms with Crippen LogP contribution in [-0.4, -0.2) is 4.98 Å². The number of aromatic nitrogens is 1. The van der Waals surface area contributed by atoms with Gasteiger partial charge in [0.05, 0.1) is 0 Å². The minimum atomic E-state index is -1.13. The van der Waals surface area contributed by atoms with Crippen molar-refractivity contribution in [1.29, 1.82) is 5.26 Å². The molecule has 0 unspecified atom stereocenters. The Labute approximate surface area is 116 Å². The molecule has 0 fully saturated rings. The van der Waals surface area contributed by atoms with Crippen LogP contribution in [0.15, 0.2) is 28.9 Å². The molecule has 96 valence electrons. The second-order valence-corrected chi connectivity index (χ2v) is 4.64. The van der Waals surface area contributed by atoms with Crippen LogP contribution in [0.2, 0.25) is 0 Å². The number of rotatable bonds is 2. The first-order chi connectivity index (χ1) is 9.02. The number of halogens is 3. The van der Waals surface area contributed by atoms with E-state index in [0.29, 0.717) is 10.0 Å². The number of benzene rings is 1. The van der Waals surface area contributed by atoms with E-state index in [2.05, 4.69) is 20.9 Å². The lowest BCUT2D eigenvalue weighted by Crippen LogP contribution is -1.97. The molecule has 0 spiro atoms. The lowest BCUT2D eigenvalue weighted by atomic mass is 10.2. The van der Waals surface area contributed by atoms with Crippen LogP contribution in [0, 0.1) is 29.9 Å². The number of hydrogen-bond donors (Lipinski definition) is 0. The van der Waals surface area contributed by atoms with Crippen LogP contribution in [-0.2, 0) is 0 Å². The van der Waals surface area contributed by atoms with Crippen molar-refractivity contribution in [2.24, 2.45) is 0 Å². The van der Waals surface area contributed by atoms with E-state index in [1.165, 1.54) is 12.3 Å². The fourth-order valence-corrected chi connectivity index (χ4v) is 1.87. The quantitative estimate of drug-likeness (QED) is 0.781. The van der Waals surface area contributed by atoms with Gasteiger partial charge in [-0.25, -0.2) is 9.37 Å². The van der Waals surface area contributed by atoms with Crippen LogP contribution >= 0.6 is 15.9 Å². The van der Waals surface area contributed by atoms with Crippen LogP contribution in [0.4, 0.5) is 8.78 Å². The van der Waals surface area contributed by atoms with E-state index in [4.69, 9.17) is 10.00 Å². The van der Waals surface area contributed by atoms with Gasteiger partial charge in [0.15, 0.2) is 11.6 Å². The van der Waals surface area contributed by atoms with Crippen LogP contribution in [0.1, 0.15) is 11.1 Å². The molecule has 1 heterocycles. The number of nitrogens with zero attached hydrogens (tertiary/aromatic N) is 2. The number of nitriles is 1. The van der Waals surface area contributed by atoms with Crippen LogP contribution in [0.3, 0.4) is 0 Å². The van der Waals surface area contributed by atoms with Crippen molar-refractivity contribution in [1.82, 2.24) is 4.98 Å². The fraction of sp³-hybridized carbons (Fsp3) is 0.0769. The highest BCUT2D eigenvalue weighted by Crippen LogP contribution is 2.30. The van der Waals surface area contributed by atoms with Crippen molar-refractivity contribution in [3.05, 3.63) is 51.6 Å². The van der Waals surface area contributed by atoms with Gasteiger partial charge in [0, 0.05) is 10.7 Å². The van der Waals surface area contributed by atoms with Crippen LogP contribution in [0.5, 0.6) is 11.6 Å². The van der Waals surface area contributed by atoms with E-state index in [-0.39, 0.29) is 17.2 Å². The Morgan fingerprint density at radius 2 is 2.11 bits per heavy atom. The van der Waals surface area contributed by atoms with Gasteiger partial charge in [0.2, 0.25) is 11.7 Å². The molecule has 0 saturated heterocycles. The third-order valence-corrected chi connectivity index (χ3v) is 2.86. The van der Waals surface area contributed by atoms with Gasteiger partial charge in [0.25, 0.3) is 0 Å². The van der Waals surface area contributed by atoms with E-state index in [1.807, 2.05) is 6.07 Å². The minimum absolute atomic E-state index is 0.0566. The van der Waals surface area contributed by atoms with Crippen LogP contribution < -0.4 is 4.74 Å². The Kier molecular flexibility index (Phi) is 3.76. The first-order valence-electron chi connectivity index (χ1n) is 5.21. The van der Waals surface area contributed by atoms with Gasteiger partial charge in [-0.05, 0) is 30.7 Å². The molecule has 19 heavy (non-hydrogen) atoms. The minimum Gasteiger partial charge on any atom is -0.434 e. The van der Waals surface area contributed by atoms with Gasteiger partial charge in [0.1, 0.15) is 11.6 Å². The molecule has 1 aromatic heterocycles. The zero-order valence-electron chi connectivity index (χ0n) is 9.75. The van der Waals surface area contributed by atoms with Crippen molar-refractivity contribution in [2.45, 2.75) is 6.92 Å². The molecule has 0 saturated carbocycles. The number of hydrogen-bond acceptors (Lipinski definition) is 3. The van der Waals surface area contributed by atoms with Gasteiger partial charge < -0.3 is 4.74 Å². The first kappa shape index (κ1) is 13.4. The molecule has 6 heteroatoms. The van der Waals surface area contributed by atoms with Crippen molar-refractivity contribution >= 4 is 15.9 Å². The maximum absolute atomic E-state index is 13.6. The molecule has 0 bridgehead atoms. The van der Waals surface area contributed by atoms with E-state index >= 15 is 0 Å². The summed E-state index contributed by atoms with van der Waals surface area (Å²) in [7, 11) is 0. The van der Waals surface area contributed by atoms with Gasteiger partial charge in [-0.15, -0.1) is 0 Å². The molecule has 2 rings (SSSR count). The maximum Gasteiger partial charge on any atom is 0.237 e. The van der Waals surface area contributed by atoms with E-state index in [1.54, 1.807) is 13.0 Å². The normalized spacial score (nSPS) is 10.1. The van der Waals surface area contributed by atoms with E-state index in [9.17, 15) is 8.78 Å². The number of pyridine rings is 1. The Bertz CT molecular complexity index is 683. The third-order valence-electron chi connectivity index (χ3n) is 2.40. The standard InChI is InChI=1S/C13H7BrF2N2O/c1-7-2-3-18-13(9(7)6-17)19-11-5-8(14)4-10(15)12(11)16/h2-5H,1H3. The Morgan fingerprint density at radius 3 is 2.79 bits per heavy atom. The molecule has 2 aromatic rings. The average molecular weight is 325 g/mol. The summed E-state index contributed by atoms with van der Waals surface area (Å²) in [5, 5.41) is 9.01. The second kappa shape index (κ2) is 5.33. The zero-order valence-corrected chi connectivity index (χ0v) is 11.3. The summed E-state index contributed by atoms with van der Waals surface area (Å²) in [6.07, 6.45) is 1.43. The van der Waals surface area contributed by atoms with E-state index < -0.39 is 11.6 Å². The summed E-state index contributed by atoms with van der Waals surface area (Å²) in [4.78, 5) is 3.86. The molecule has 0 aliphatic heterocycles. The molecule has 0 N–H and O–H groups in total. The molecule has 3 nitrogen and oxygen atoms in total. The summed E-state index contributed by atoms with van der Waals surface area (Å²) in [6.45, 7) is 1.70. The monoisotopic (exact) mass is 324 g/mol. The predicted octanol–water partition coefficient (Wildman–Crippen LogP) is 4.09. The number of aryl methyl sites for hydroxylation is 1. The molecule has 0 atom stereocenters. The average Bonchev–Trinajstić information content (AvgIpc) is 2.35. The lowest BCUT2D eigenvalue weighted by molar-refractivity contribution is 0.403. The molecular formula is C13H7BrF2N2O. The van der Waals surface area contributed by atoms with Gasteiger partial charge in [-0.3, -0.25) is 0 Å². The fourth-order valence-electron chi connectivity index (χ4n) is 1.46. The summed E-state index contributed by atoms with van der Waals surface area (Å²) in [5.41, 5.74) is 0.825. The summed E-state index contributed by atoms with van der Waals surface area (Å²) >= 11 is 3.04. The van der Waals surface area contributed by atoms with Crippen LogP contribution in [0.25, 0.3) is 0 Å². The molecule has 1 aromatic carbocycles. The molecule has 0 aliphatic rings. The van der Waals surface area contributed by atoms with Crippen molar-refractivity contribution in [3.8, 4) is 17.7 Å². The lowest BCUT2D eigenvalue weighted by Gasteiger charge is -2.09. The zero-order chi connectivity index (χ0) is 14.0. The third kappa shape index (κ3) is 2.71. The topological polar surface area (TPSA) is 45.9 Å². The smallest absolute Gasteiger partial charge is 0.237 e. The van der Waals surface area contributed by atoms with E-state index in [0.717, 1.165) is 6.07 Å². The van der Waals surface area contributed by atoms with Crippen molar-refractivity contribution < 1.29 is 13.5 Å². The SMILES string of the molecule is Cc1ccnc(Oc2cc(Br)cc(F)c2F)c1C#N. The molecule has 0 aliphatic carbocycles. The van der Waals surface area contributed by atoms with Gasteiger partial charge in [-0.2, -0.15) is 9.65 Å². The predicted molar refractivity (Wildman–Crippen MR) is 67.8 cm³/mol. The summed E-state index contributed by atoms with van der Waals surface area (Å²) in [5.74, 6) is -2.56.